The fraction of sp³-hybridized carbons (Fsp3) is 0. The smallest absolute Gasteiger partial charge is 0.164 e. The van der Waals surface area contributed by atoms with E-state index in [0.717, 1.165) is 83.1 Å². The van der Waals surface area contributed by atoms with Crippen molar-refractivity contribution in [1.82, 2.24) is 44.9 Å². The SMILES string of the molecule is c1ccc(-c2nc(-c3ccccc3)nc(-c3cc(-c4cc5c6ccccc6ccc5c5ccccc45)c4ccccc4c3)n2)cc1.c1ccc(-c2nc(-c3ccccc3)nc(-c3ccc(-c4ccccc4)c(-c4cc5ccccc5c5ccc6ccccc6c45)c3)n2)cc1.c1ccc(-c2nc(-c3ccccc3)nc(-c3ccc4c(-c5cc6c7ccccc7ccc6c6ccccc56)cccc4c3)n2)cc1. The molecule has 0 aliphatic carbocycles. The van der Waals surface area contributed by atoms with Gasteiger partial charge < -0.3 is 0 Å². The van der Waals surface area contributed by atoms with Gasteiger partial charge in [0.15, 0.2) is 52.4 Å². The normalized spacial score (nSPS) is 11.4. The molecular weight excluding hydrogens is 1700 g/mol. The van der Waals surface area contributed by atoms with E-state index in [2.05, 4.69) is 322 Å². The van der Waals surface area contributed by atoms with Crippen LogP contribution in [-0.2, 0) is 0 Å². The van der Waals surface area contributed by atoms with Crippen LogP contribution < -0.4 is 0 Å². The summed E-state index contributed by atoms with van der Waals surface area (Å²) in [6.07, 6.45) is 0. The molecule has 0 radical (unpaired) electrons. The van der Waals surface area contributed by atoms with Crippen molar-refractivity contribution >= 4 is 118 Å². The van der Waals surface area contributed by atoms with E-state index in [1.54, 1.807) is 0 Å². The van der Waals surface area contributed by atoms with E-state index in [4.69, 9.17) is 44.9 Å². The fourth-order valence-electron chi connectivity index (χ4n) is 20.2. The number of nitrogens with zero attached hydrogens (tertiary/aromatic N) is 9. The van der Waals surface area contributed by atoms with Gasteiger partial charge in [0.25, 0.3) is 0 Å². The Morgan fingerprint density at radius 1 is 0.0929 bits per heavy atom. The molecule has 652 valence electrons. The molecule has 9 nitrogen and oxygen atoms in total. The monoisotopic (exact) mass is 1780 g/mol. The van der Waals surface area contributed by atoms with E-state index in [9.17, 15) is 0 Å². The Kier molecular flexibility index (Phi) is 21.5. The Hall–Kier alpha value is -18.8. The molecule has 3 heterocycles. The fourth-order valence-corrected chi connectivity index (χ4v) is 20.2. The van der Waals surface area contributed by atoms with E-state index in [1.165, 1.54) is 130 Å². The predicted molar refractivity (Wildman–Crippen MR) is 583 cm³/mol. The zero-order valence-electron chi connectivity index (χ0n) is 75.9. The first-order valence-corrected chi connectivity index (χ1v) is 47.3. The van der Waals surface area contributed by atoms with Gasteiger partial charge in [0, 0.05) is 50.1 Å². The largest absolute Gasteiger partial charge is 0.208 e. The molecule has 9 heteroatoms. The second-order valence-electron chi connectivity index (χ2n) is 35.3. The van der Waals surface area contributed by atoms with E-state index < -0.39 is 0 Å². The first kappa shape index (κ1) is 83.0. The lowest BCUT2D eigenvalue weighted by Crippen LogP contribution is -2.00. The highest BCUT2D eigenvalue weighted by Crippen LogP contribution is 2.48. The van der Waals surface area contributed by atoms with Crippen molar-refractivity contribution in [3.05, 3.63) is 504 Å². The van der Waals surface area contributed by atoms with Crippen LogP contribution in [0.1, 0.15) is 0 Å². The lowest BCUT2D eigenvalue weighted by atomic mass is 9.86. The third kappa shape index (κ3) is 15.7. The molecule has 0 atom stereocenters. The van der Waals surface area contributed by atoms with Gasteiger partial charge in [0.2, 0.25) is 0 Å². The third-order valence-electron chi connectivity index (χ3n) is 26.9. The van der Waals surface area contributed by atoms with Gasteiger partial charge in [-0.25, -0.2) is 44.9 Å². The van der Waals surface area contributed by atoms with E-state index in [1.807, 2.05) is 182 Å². The molecule has 0 bridgehead atoms. The highest BCUT2D eigenvalue weighted by molar-refractivity contribution is 6.26. The minimum Gasteiger partial charge on any atom is -0.208 e. The molecule has 0 amide bonds. The summed E-state index contributed by atoms with van der Waals surface area (Å²) in [7, 11) is 0. The maximum absolute atomic E-state index is 5.08. The Labute approximate surface area is 808 Å². The molecule has 0 N–H and O–H groups in total. The van der Waals surface area contributed by atoms with Crippen molar-refractivity contribution in [2.45, 2.75) is 0 Å². The van der Waals surface area contributed by atoms with E-state index in [-0.39, 0.29) is 0 Å². The minimum atomic E-state index is 0.638. The first-order chi connectivity index (χ1) is 69.4. The molecular formula is C131H83N9. The molecule has 0 unspecified atom stereocenters. The summed E-state index contributed by atoms with van der Waals surface area (Å²) in [5.74, 6) is 5.87. The maximum Gasteiger partial charge on any atom is 0.164 e. The van der Waals surface area contributed by atoms with Gasteiger partial charge in [-0.1, -0.05) is 461 Å². The molecule has 0 aliphatic heterocycles. The van der Waals surface area contributed by atoms with E-state index in [0.29, 0.717) is 52.4 Å². The lowest BCUT2D eigenvalue weighted by Gasteiger charge is -2.18. The number of rotatable bonds is 13. The molecule has 27 aromatic rings. The van der Waals surface area contributed by atoms with Gasteiger partial charge in [0.1, 0.15) is 0 Å². The standard InChI is InChI=1S/C45H29N3.2C43H27N3/c1-4-14-30(15-5-1)37-26-25-35(45-47-43(32-17-6-2-7-18-32)46-44(48-45)33-19-8-3-9-20-33)29-40(37)41-28-34-21-11-12-22-36(34)39-27-24-31-16-10-13-23-38(31)42(39)41;1-3-14-29(15-4-1)41-44-42(30-16-5-2-6-17-30)46-43(45-41)32-25-31-18-8-10-20-34(31)38(26-32)40-27-39-33-19-9-7-13-28(33)23-24-37(39)35-21-11-12-22-36(35)40;1-3-13-29(14-4-1)41-44-42(30-15-5-2-6-16-30)46-43(45-41)32-23-24-34-31(26-32)17-11-21-35(34)40-27-39-33-18-8-7-12-28(33)22-25-38(39)36-19-9-10-20-37(36)40/h1-29H;2*1-27H. The summed E-state index contributed by atoms with van der Waals surface area (Å²) in [6.45, 7) is 0. The molecule has 0 spiro atoms. The molecule has 140 heavy (non-hydrogen) atoms. The van der Waals surface area contributed by atoms with Crippen LogP contribution in [0.3, 0.4) is 0 Å². The second kappa shape index (κ2) is 36.2. The molecule has 0 saturated carbocycles. The van der Waals surface area contributed by atoms with Crippen LogP contribution in [0.4, 0.5) is 0 Å². The van der Waals surface area contributed by atoms with Crippen LogP contribution in [0.25, 0.3) is 265 Å². The van der Waals surface area contributed by atoms with Gasteiger partial charge in [-0.3, -0.25) is 0 Å². The van der Waals surface area contributed by atoms with Gasteiger partial charge in [0.05, 0.1) is 0 Å². The Balaban J connectivity index is 0.000000111. The number of fused-ring (bicyclic) bond motifs is 17. The average Bonchev–Trinajstić information content (AvgIpc) is 0.736. The lowest BCUT2D eigenvalue weighted by molar-refractivity contribution is 1.07. The van der Waals surface area contributed by atoms with Crippen molar-refractivity contribution in [2.75, 3.05) is 0 Å². The highest BCUT2D eigenvalue weighted by atomic mass is 15.1. The van der Waals surface area contributed by atoms with Crippen LogP contribution in [0, 0.1) is 0 Å². The summed E-state index contributed by atoms with van der Waals surface area (Å²) in [5, 5.41) is 27.1. The Morgan fingerprint density at radius 3 is 0.779 bits per heavy atom. The number of hydrogen-bond acceptors (Lipinski definition) is 9. The summed E-state index contributed by atoms with van der Waals surface area (Å²) >= 11 is 0. The molecule has 24 aromatic carbocycles. The van der Waals surface area contributed by atoms with Crippen LogP contribution in [-0.4, -0.2) is 44.9 Å². The predicted octanol–water partition coefficient (Wildman–Crippen LogP) is 34.0. The van der Waals surface area contributed by atoms with Crippen molar-refractivity contribution in [2.24, 2.45) is 0 Å². The van der Waals surface area contributed by atoms with Crippen LogP contribution in [0.5, 0.6) is 0 Å². The number of benzene rings is 24. The van der Waals surface area contributed by atoms with E-state index >= 15 is 0 Å². The summed E-state index contributed by atoms with van der Waals surface area (Å²) in [4.78, 5) is 45.0. The molecule has 0 fully saturated rings. The van der Waals surface area contributed by atoms with Crippen molar-refractivity contribution in [3.63, 3.8) is 0 Å². The summed E-state index contributed by atoms with van der Waals surface area (Å²) in [6, 6.07) is 177. The summed E-state index contributed by atoms with van der Waals surface area (Å²) in [5.41, 5.74) is 18.0. The van der Waals surface area contributed by atoms with Gasteiger partial charge in [-0.15, -0.1) is 0 Å². The van der Waals surface area contributed by atoms with Gasteiger partial charge in [-0.2, -0.15) is 0 Å². The maximum atomic E-state index is 5.08. The first-order valence-electron chi connectivity index (χ1n) is 47.3. The van der Waals surface area contributed by atoms with Gasteiger partial charge in [-0.05, 0) is 205 Å². The quantitative estimate of drug-likeness (QED) is 0.104. The minimum absolute atomic E-state index is 0.638. The van der Waals surface area contributed by atoms with Crippen molar-refractivity contribution in [3.8, 4) is 147 Å². The van der Waals surface area contributed by atoms with Crippen LogP contribution in [0.15, 0.2) is 504 Å². The highest BCUT2D eigenvalue weighted by Gasteiger charge is 2.24. The van der Waals surface area contributed by atoms with Gasteiger partial charge >= 0.3 is 0 Å². The molecule has 0 saturated heterocycles. The Bertz CT molecular complexity index is 9290. The summed E-state index contributed by atoms with van der Waals surface area (Å²) < 4.78 is 0. The molecule has 3 aromatic heterocycles. The van der Waals surface area contributed by atoms with Crippen molar-refractivity contribution in [1.29, 1.82) is 0 Å². The Morgan fingerprint density at radius 2 is 0.350 bits per heavy atom. The zero-order chi connectivity index (χ0) is 92.8. The van der Waals surface area contributed by atoms with Crippen LogP contribution in [0.2, 0.25) is 0 Å². The second-order valence-corrected chi connectivity index (χ2v) is 35.3. The number of aromatic nitrogens is 9. The van der Waals surface area contributed by atoms with Crippen molar-refractivity contribution < 1.29 is 0 Å². The molecule has 27 rings (SSSR count). The van der Waals surface area contributed by atoms with Crippen LogP contribution >= 0.6 is 0 Å². The average molecular weight is 1780 g/mol. The zero-order valence-corrected chi connectivity index (χ0v) is 75.9. The third-order valence-corrected chi connectivity index (χ3v) is 26.9. The number of hydrogen-bond donors (Lipinski definition) is 0. The molecule has 0 aliphatic rings. The topological polar surface area (TPSA) is 116 Å².